The molecule has 0 saturated carbocycles. The van der Waals surface area contributed by atoms with Crippen LogP contribution < -0.4 is 11.1 Å². The number of nitrogens with one attached hydrogen (secondary N) is 2. The number of nitrogens with zero attached hydrogens (tertiary/aromatic N) is 2. The van der Waals surface area contributed by atoms with Crippen LogP contribution in [-0.2, 0) is 0 Å². The zero-order valence-electron chi connectivity index (χ0n) is 13.8. The molecule has 1 rings (SSSR count). The van der Waals surface area contributed by atoms with Gasteiger partial charge in [0.2, 0.25) is 0 Å². The van der Waals surface area contributed by atoms with Gasteiger partial charge in [0.15, 0.2) is 0 Å². The van der Waals surface area contributed by atoms with Crippen LogP contribution in [0, 0.1) is 11.3 Å². The summed E-state index contributed by atoms with van der Waals surface area (Å²) in [5.74, 6) is 0.654. The van der Waals surface area contributed by atoms with E-state index < -0.39 is 0 Å². The van der Waals surface area contributed by atoms with Gasteiger partial charge in [-0.3, -0.25) is 4.99 Å². The van der Waals surface area contributed by atoms with Crippen molar-refractivity contribution in [1.29, 1.82) is 5.41 Å². The summed E-state index contributed by atoms with van der Waals surface area (Å²) in [5, 5.41) is 11.3. The summed E-state index contributed by atoms with van der Waals surface area (Å²) in [4.78, 5) is 8.14. The molecule has 0 atom stereocenters. The standard InChI is InChI=1S/C17H25N5/c1-6-12(4)13-7-14(17(19)22-8-13)15(18)9-21-10-16(20-5)11(2)3/h6-8,10-11,18,21H,5,9H2,1-4H3,(H2,19,22)/b12-6+,16-10-,18-15?. The molecular weight excluding hydrogens is 274 g/mol. The van der Waals surface area contributed by atoms with Crippen molar-refractivity contribution in [2.24, 2.45) is 10.9 Å². The maximum Gasteiger partial charge on any atom is 0.132 e. The van der Waals surface area contributed by atoms with Crippen molar-refractivity contribution in [3.8, 4) is 0 Å². The van der Waals surface area contributed by atoms with Gasteiger partial charge in [0.05, 0.1) is 18.0 Å². The molecular formula is C17H25N5. The molecule has 1 aromatic rings. The third-order valence-corrected chi connectivity index (χ3v) is 3.43. The fourth-order valence-corrected chi connectivity index (χ4v) is 1.85. The number of aliphatic imine (C=N–C) groups is 1. The average molecular weight is 299 g/mol. The topological polar surface area (TPSA) is 87.2 Å². The molecule has 0 aliphatic heterocycles. The van der Waals surface area contributed by atoms with Crippen molar-refractivity contribution in [2.75, 3.05) is 12.3 Å². The Balaban J connectivity index is 2.88. The number of anilines is 1. The summed E-state index contributed by atoms with van der Waals surface area (Å²) in [5.41, 5.74) is 9.87. The van der Waals surface area contributed by atoms with Gasteiger partial charge in [0.1, 0.15) is 5.82 Å². The van der Waals surface area contributed by atoms with Crippen LogP contribution in [0.3, 0.4) is 0 Å². The second kappa shape index (κ2) is 8.12. The molecule has 0 radical (unpaired) electrons. The zero-order valence-corrected chi connectivity index (χ0v) is 13.8. The molecule has 0 aliphatic rings. The monoisotopic (exact) mass is 299 g/mol. The second-order valence-electron chi connectivity index (χ2n) is 5.37. The van der Waals surface area contributed by atoms with Gasteiger partial charge in [0.25, 0.3) is 0 Å². The van der Waals surface area contributed by atoms with Crippen molar-refractivity contribution in [1.82, 2.24) is 10.3 Å². The van der Waals surface area contributed by atoms with E-state index in [0.717, 1.165) is 16.8 Å². The lowest BCUT2D eigenvalue weighted by Crippen LogP contribution is -2.20. The summed E-state index contributed by atoms with van der Waals surface area (Å²) < 4.78 is 0. The van der Waals surface area contributed by atoms with E-state index in [1.807, 2.05) is 39.8 Å². The molecule has 0 unspecified atom stereocenters. The van der Waals surface area contributed by atoms with Crippen molar-refractivity contribution in [3.05, 3.63) is 41.4 Å². The van der Waals surface area contributed by atoms with Crippen molar-refractivity contribution >= 4 is 23.8 Å². The fraction of sp³-hybridized carbons (Fsp3) is 0.353. The Hall–Kier alpha value is -2.43. The lowest BCUT2D eigenvalue weighted by molar-refractivity contribution is 0.745. The minimum absolute atomic E-state index is 0.284. The van der Waals surface area contributed by atoms with Crippen molar-refractivity contribution < 1.29 is 0 Å². The Morgan fingerprint density at radius 1 is 1.55 bits per heavy atom. The van der Waals surface area contributed by atoms with Gasteiger partial charge in [-0.15, -0.1) is 0 Å². The van der Waals surface area contributed by atoms with Crippen molar-refractivity contribution in [3.63, 3.8) is 0 Å². The highest BCUT2D eigenvalue weighted by molar-refractivity contribution is 6.03. The molecule has 22 heavy (non-hydrogen) atoms. The van der Waals surface area contributed by atoms with E-state index in [1.54, 1.807) is 12.4 Å². The summed E-state index contributed by atoms with van der Waals surface area (Å²) in [6.07, 6.45) is 5.52. The van der Waals surface area contributed by atoms with Gasteiger partial charge in [-0.2, -0.15) is 0 Å². The zero-order chi connectivity index (χ0) is 16.7. The van der Waals surface area contributed by atoms with E-state index >= 15 is 0 Å². The summed E-state index contributed by atoms with van der Waals surface area (Å²) in [6.45, 7) is 12.0. The maximum absolute atomic E-state index is 8.20. The molecule has 0 spiro atoms. The number of rotatable bonds is 7. The van der Waals surface area contributed by atoms with Gasteiger partial charge in [-0.1, -0.05) is 19.9 Å². The first-order valence-electron chi connectivity index (χ1n) is 7.27. The average Bonchev–Trinajstić information content (AvgIpc) is 2.50. The molecule has 5 nitrogen and oxygen atoms in total. The Morgan fingerprint density at radius 2 is 2.23 bits per heavy atom. The molecule has 0 bridgehead atoms. The van der Waals surface area contributed by atoms with Gasteiger partial charge in [-0.05, 0) is 43.7 Å². The van der Waals surface area contributed by atoms with Crippen LogP contribution in [0.2, 0.25) is 0 Å². The molecule has 0 saturated heterocycles. The Kier molecular flexibility index (Phi) is 6.50. The number of aromatic nitrogens is 1. The van der Waals surface area contributed by atoms with Crippen molar-refractivity contribution in [2.45, 2.75) is 27.7 Å². The SMILES string of the molecule is C=N/C(=C\NCC(=N)c1cc(/C(C)=C/C)cnc1N)C(C)C. The van der Waals surface area contributed by atoms with Gasteiger partial charge < -0.3 is 16.5 Å². The van der Waals surface area contributed by atoms with Gasteiger partial charge in [0, 0.05) is 18.0 Å². The largest absolute Gasteiger partial charge is 0.384 e. The third-order valence-electron chi connectivity index (χ3n) is 3.43. The smallest absolute Gasteiger partial charge is 0.132 e. The summed E-state index contributed by atoms with van der Waals surface area (Å²) in [7, 11) is 0. The highest BCUT2D eigenvalue weighted by Gasteiger charge is 2.09. The first-order valence-corrected chi connectivity index (χ1v) is 7.27. The van der Waals surface area contributed by atoms with Crippen LogP contribution in [0.1, 0.15) is 38.8 Å². The molecule has 0 aromatic carbocycles. The maximum atomic E-state index is 8.20. The van der Waals surface area contributed by atoms with Crippen LogP contribution in [0.25, 0.3) is 5.57 Å². The van der Waals surface area contributed by atoms with Crippen LogP contribution in [0.15, 0.2) is 35.2 Å². The molecule has 0 amide bonds. The Morgan fingerprint density at radius 3 is 2.77 bits per heavy atom. The first kappa shape index (κ1) is 17.6. The van der Waals surface area contributed by atoms with E-state index in [9.17, 15) is 0 Å². The summed E-state index contributed by atoms with van der Waals surface area (Å²) >= 11 is 0. The van der Waals surface area contributed by atoms with E-state index in [0.29, 0.717) is 23.6 Å². The lowest BCUT2D eigenvalue weighted by atomic mass is 10.0. The first-order chi connectivity index (χ1) is 10.4. The predicted octanol–water partition coefficient (Wildman–Crippen LogP) is 3.24. The number of allylic oxidation sites excluding steroid dienone is 3. The van der Waals surface area contributed by atoms with Crippen LogP contribution in [0.4, 0.5) is 5.82 Å². The minimum atomic E-state index is 0.284. The van der Waals surface area contributed by atoms with Gasteiger partial charge >= 0.3 is 0 Å². The summed E-state index contributed by atoms with van der Waals surface area (Å²) in [6, 6.07) is 1.90. The molecule has 118 valence electrons. The number of pyridine rings is 1. The van der Waals surface area contributed by atoms with E-state index in [1.165, 1.54) is 0 Å². The minimum Gasteiger partial charge on any atom is -0.384 e. The fourth-order valence-electron chi connectivity index (χ4n) is 1.85. The normalized spacial score (nSPS) is 12.4. The van der Waals surface area contributed by atoms with E-state index in [-0.39, 0.29) is 5.92 Å². The number of nitrogens with two attached hydrogens (primary N) is 1. The molecule has 5 heteroatoms. The van der Waals surface area contributed by atoms with E-state index in [2.05, 4.69) is 22.0 Å². The van der Waals surface area contributed by atoms with Crippen LogP contribution in [-0.4, -0.2) is 24.0 Å². The molecule has 0 aliphatic carbocycles. The van der Waals surface area contributed by atoms with Crippen LogP contribution >= 0.6 is 0 Å². The number of nitrogen functional groups attached to an aromatic ring is 1. The van der Waals surface area contributed by atoms with Crippen LogP contribution in [0.5, 0.6) is 0 Å². The predicted molar refractivity (Wildman–Crippen MR) is 95.3 cm³/mol. The second-order valence-corrected chi connectivity index (χ2v) is 5.37. The molecule has 4 N–H and O–H groups in total. The van der Waals surface area contributed by atoms with Gasteiger partial charge in [-0.25, -0.2) is 4.98 Å². The quantitative estimate of drug-likeness (QED) is 0.675. The third kappa shape index (κ3) is 4.55. The highest BCUT2D eigenvalue weighted by Crippen LogP contribution is 2.18. The molecule has 0 fully saturated rings. The van der Waals surface area contributed by atoms with E-state index in [4.69, 9.17) is 11.1 Å². The lowest BCUT2D eigenvalue weighted by Gasteiger charge is -2.11. The number of hydrogen-bond acceptors (Lipinski definition) is 5. The Bertz CT molecular complexity index is 611. The molecule has 1 heterocycles. The number of hydrogen-bond donors (Lipinski definition) is 3. The Labute approximate surface area is 132 Å². The highest BCUT2D eigenvalue weighted by atomic mass is 14.9. The molecule has 1 aromatic heterocycles.